The average Bonchev–Trinajstić information content (AvgIpc) is 2.95. The zero-order chi connectivity index (χ0) is 17.8. The van der Waals surface area contributed by atoms with Gasteiger partial charge in [-0.15, -0.1) is 0 Å². The van der Waals surface area contributed by atoms with Crippen molar-refractivity contribution in [2.45, 2.75) is 13.8 Å². The van der Waals surface area contributed by atoms with Crippen molar-refractivity contribution in [3.63, 3.8) is 0 Å². The lowest BCUT2D eigenvalue weighted by Gasteiger charge is -2.10. The number of hydrogen-bond donors (Lipinski definition) is 1. The monoisotopic (exact) mass is 399 g/mol. The number of ether oxygens (including phenoxy) is 1. The highest BCUT2D eigenvalue weighted by Gasteiger charge is 2.11. The summed E-state index contributed by atoms with van der Waals surface area (Å²) in [6, 6.07) is 17.1. The topological polar surface area (TPSA) is 56.2 Å². The molecule has 0 aliphatic heterocycles. The molecule has 0 fully saturated rings. The molecule has 0 radical (unpaired) electrons. The van der Waals surface area contributed by atoms with E-state index in [9.17, 15) is 4.79 Å². The van der Waals surface area contributed by atoms with Gasteiger partial charge in [-0.1, -0.05) is 33.6 Å². The number of amides is 1. The van der Waals surface area contributed by atoms with Crippen molar-refractivity contribution in [2.75, 3.05) is 11.9 Å². The molecule has 1 amide bonds. The van der Waals surface area contributed by atoms with Crippen molar-refractivity contribution < 1.29 is 9.53 Å². The fourth-order valence-electron chi connectivity index (χ4n) is 2.33. The first-order chi connectivity index (χ1) is 12.0. The minimum absolute atomic E-state index is 0.0697. The number of hydrogen-bond acceptors (Lipinski definition) is 3. The lowest BCUT2D eigenvalue weighted by atomic mass is 10.2. The van der Waals surface area contributed by atoms with Crippen molar-refractivity contribution in [3.05, 3.63) is 70.3 Å². The normalized spacial score (nSPS) is 10.5. The second-order valence-electron chi connectivity index (χ2n) is 5.71. The van der Waals surface area contributed by atoms with Gasteiger partial charge in [-0.3, -0.25) is 4.79 Å². The molecule has 0 aliphatic carbocycles. The van der Waals surface area contributed by atoms with Crippen LogP contribution in [-0.4, -0.2) is 22.3 Å². The van der Waals surface area contributed by atoms with Gasteiger partial charge < -0.3 is 10.1 Å². The van der Waals surface area contributed by atoms with Gasteiger partial charge in [0.2, 0.25) is 0 Å². The highest BCUT2D eigenvalue weighted by atomic mass is 79.9. The molecular weight excluding hydrogens is 382 g/mol. The van der Waals surface area contributed by atoms with Crippen LogP contribution in [0, 0.1) is 13.8 Å². The summed E-state index contributed by atoms with van der Waals surface area (Å²) in [6.45, 7) is 3.85. The molecular formula is C19H18BrN3O2. The van der Waals surface area contributed by atoms with E-state index in [2.05, 4.69) is 26.3 Å². The second kappa shape index (κ2) is 7.53. The summed E-state index contributed by atoms with van der Waals surface area (Å²) in [4.78, 5) is 12.2. The summed E-state index contributed by atoms with van der Waals surface area (Å²) < 4.78 is 8.18. The van der Waals surface area contributed by atoms with Crippen LogP contribution in [0.1, 0.15) is 11.3 Å². The van der Waals surface area contributed by atoms with Crippen LogP contribution < -0.4 is 10.1 Å². The number of rotatable bonds is 5. The lowest BCUT2D eigenvalue weighted by molar-refractivity contribution is -0.118. The van der Waals surface area contributed by atoms with Crippen LogP contribution in [0.15, 0.2) is 59.1 Å². The molecule has 128 valence electrons. The third kappa shape index (κ3) is 4.48. The van der Waals surface area contributed by atoms with Gasteiger partial charge in [-0.25, -0.2) is 4.68 Å². The molecule has 0 bridgehead atoms. The van der Waals surface area contributed by atoms with Crippen molar-refractivity contribution in [2.24, 2.45) is 0 Å². The van der Waals surface area contributed by atoms with E-state index in [1.54, 1.807) is 16.8 Å². The van der Waals surface area contributed by atoms with Crippen LogP contribution in [0.3, 0.4) is 0 Å². The Morgan fingerprint density at radius 3 is 2.48 bits per heavy atom. The fraction of sp³-hybridized carbons (Fsp3) is 0.158. The zero-order valence-corrected chi connectivity index (χ0v) is 15.6. The number of nitrogens with one attached hydrogen (secondary N) is 1. The molecule has 3 aromatic rings. The van der Waals surface area contributed by atoms with Crippen LogP contribution in [0.5, 0.6) is 5.75 Å². The summed E-state index contributed by atoms with van der Waals surface area (Å²) in [7, 11) is 0. The van der Waals surface area contributed by atoms with E-state index in [0.717, 1.165) is 15.9 Å². The Labute approximate surface area is 154 Å². The molecule has 3 rings (SSSR count). The fourth-order valence-corrected chi connectivity index (χ4v) is 2.59. The number of carbonyl (C=O) groups excluding carboxylic acids is 1. The minimum atomic E-state index is -0.240. The van der Waals surface area contributed by atoms with Gasteiger partial charge in [0.25, 0.3) is 5.91 Å². The molecule has 0 atom stereocenters. The molecule has 6 heteroatoms. The maximum atomic E-state index is 12.2. The van der Waals surface area contributed by atoms with Crippen molar-refractivity contribution in [1.29, 1.82) is 0 Å². The Kier molecular flexibility index (Phi) is 5.19. The predicted octanol–water partition coefficient (Wildman–Crippen LogP) is 4.27. The Bertz CT molecular complexity index is 871. The molecule has 0 saturated heterocycles. The Hall–Kier alpha value is -2.60. The van der Waals surface area contributed by atoms with Crippen LogP contribution in [0.2, 0.25) is 0 Å². The first-order valence-corrected chi connectivity index (χ1v) is 8.62. The van der Waals surface area contributed by atoms with E-state index >= 15 is 0 Å². The number of halogens is 1. The number of nitrogens with zero attached hydrogens (tertiary/aromatic N) is 2. The molecule has 2 aromatic carbocycles. The first-order valence-electron chi connectivity index (χ1n) is 7.83. The quantitative estimate of drug-likeness (QED) is 0.696. The Balaban J connectivity index is 1.69. The summed E-state index contributed by atoms with van der Waals surface area (Å²) in [6.07, 6.45) is 0. The maximum Gasteiger partial charge on any atom is 0.263 e. The van der Waals surface area contributed by atoms with E-state index < -0.39 is 0 Å². The summed E-state index contributed by atoms with van der Waals surface area (Å²) in [5.41, 5.74) is 2.88. The maximum absolute atomic E-state index is 12.2. The molecule has 5 nitrogen and oxygen atoms in total. The molecule has 1 heterocycles. The van der Waals surface area contributed by atoms with Crippen molar-refractivity contribution in [3.8, 4) is 11.4 Å². The SMILES string of the molecule is Cc1ccc(-n2nc(C)cc2NC(=O)COc2ccc(Br)cc2)cc1. The van der Waals surface area contributed by atoms with E-state index in [1.807, 2.05) is 56.3 Å². The van der Waals surface area contributed by atoms with Crippen LogP contribution >= 0.6 is 15.9 Å². The van der Waals surface area contributed by atoms with Crippen molar-refractivity contribution in [1.82, 2.24) is 9.78 Å². The largest absolute Gasteiger partial charge is 0.484 e. The van der Waals surface area contributed by atoms with Gasteiger partial charge in [0.15, 0.2) is 6.61 Å². The number of carbonyl (C=O) groups is 1. The Morgan fingerprint density at radius 2 is 1.80 bits per heavy atom. The molecule has 0 saturated carbocycles. The number of benzene rings is 2. The molecule has 0 spiro atoms. The predicted molar refractivity (Wildman–Crippen MR) is 101 cm³/mol. The third-order valence-corrected chi connectivity index (χ3v) is 4.09. The van der Waals surface area contributed by atoms with Gasteiger partial charge >= 0.3 is 0 Å². The number of anilines is 1. The molecule has 25 heavy (non-hydrogen) atoms. The third-order valence-electron chi connectivity index (χ3n) is 3.56. The second-order valence-corrected chi connectivity index (χ2v) is 6.62. The van der Waals surface area contributed by atoms with Gasteiger partial charge in [0.1, 0.15) is 11.6 Å². The minimum Gasteiger partial charge on any atom is -0.484 e. The van der Waals surface area contributed by atoms with Gasteiger partial charge in [0.05, 0.1) is 11.4 Å². The molecule has 0 aliphatic rings. The van der Waals surface area contributed by atoms with Crippen LogP contribution in [0.4, 0.5) is 5.82 Å². The van der Waals surface area contributed by atoms with Gasteiger partial charge in [-0.05, 0) is 50.2 Å². The summed E-state index contributed by atoms with van der Waals surface area (Å²) in [5.74, 6) is 1.02. The number of aryl methyl sites for hydroxylation is 2. The molecule has 1 N–H and O–H groups in total. The van der Waals surface area contributed by atoms with Crippen LogP contribution in [0.25, 0.3) is 5.69 Å². The van der Waals surface area contributed by atoms with E-state index in [4.69, 9.17) is 4.74 Å². The average molecular weight is 400 g/mol. The van der Waals surface area contributed by atoms with Crippen LogP contribution in [-0.2, 0) is 4.79 Å². The number of aromatic nitrogens is 2. The Morgan fingerprint density at radius 1 is 1.12 bits per heavy atom. The van der Waals surface area contributed by atoms with E-state index in [1.165, 1.54) is 5.56 Å². The highest BCUT2D eigenvalue weighted by molar-refractivity contribution is 9.10. The highest BCUT2D eigenvalue weighted by Crippen LogP contribution is 2.18. The smallest absolute Gasteiger partial charge is 0.263 e. The van der Waals surface area contributed by atoms with Crippen molar-refractivity contribution >= 4 is 27.7 Å². The van der Waals surface area contributed by atoms with E-state index in [0.29, 0.717) is 11.6 Å². The first kappa shape index (κ1) is 17.2. The van der Waals surface area contributed by atoms with E-state index in [-0.39, 0.29) is 12.5 Å². The summed E-state index contributed by atoms with van der Waals surface area (Å²) >= 11 is 3.36. The van der Waals surface area contributed by atoms with Gasteiger partial charge in [-0.2, -0.15) is 5.10 Å². The molecule has 0 unspecified atom stereocenters. The van der Waals surface area contributed by atoms with Gasteiger partial charge in [0, 0.05) is 10.5 Å². The zero-order valence-electron chi connectivity index (χ0n) is 14.0. The standard InChI is InChI=1S/C19H18BrN3O2/c1-13-3-7-16(8-4-13)23-18(11-14(2)22-23)21-19(24)12-25-17-9-5-15(20)6-10-17/h3-11H,12H2,1-2H3,(H,21,24). The lowest BCUT2D eigenvalue weighted by Crippen LogP contribution is -2.21. The molecule has 1 aromatic heterocycles. The summed E-state index contributed by atoms with van der Waals surface area (Å²) in [5, 5.41) is 7.30.